The lowest BCUT2D eigenvalue weighted by atomic mass is 9.75. The van der Waals surface area contributed by atoms with Crippen LogP contribution in [0.4, 0.5) is 0 Å². The van der Waals surface area contributed by atoms with Crippen LogP contribution in [0.2, 0.25) is 0 Å². The molecule has 19 heavy (non-hydrogen) atoms. The summed E-state index contributed by atoms with van der Waals surface area (Å²) in [6.07, 6.45) is 4.87. The molecule has 1 rings (SSSR count). The second-order valence-corrected chi connectivity index (χ2v) is 5.30. The lowest BCUT2D eigenvalue weighted by Crippen LogP contribution is -2.44. The van der Waals surface area contributed by atoms with Gasteiger partial charge in [0.15, 0.2) is 0 Å². The molecule has 0 bridgehead atoms. The smallest absolute Gasteiger partial charge is 0.305 e. The van der Waals surface area contributed by atoms with Gasteiger partial charge in [-0.25, -0.2) is 0 Å². The highest BCUT2D eigenvalue weighted by molar-refractivity contribution is 5.87. The number of amides is 2. The van der Waals surface area contributed by atoms with E-state index in [0.717, 1.165) is 25.7 Å². The van der Waals surface area contributed by atoms with E-state index in [4.69, 9.17) is 5.11 Å². The molecule has 0 unspecified atom stereocenters. The molecule has 1 saturated carbocycles. The Kier molecular flexibility index (Phi) is 5.79. The Bertz CT molecular complexity index is 349. The van der Waals surface area contributed by atoms with Crippen LogP contribution in [-0.2, 0) is 14.4 Å². The van der Waals surface area contributed by atoms with Gasteiger partial charge in [0.05, 0.1) is 13.0 Å². The van der Waals surface area contributed by atoms with Gasteiger partial charge in [-0.05, 0) is 12.8 Å². The third-order valence-electron chi connectivity index (χ3n) is 3.58. The number of hydrogen-bond donors (Lipinski definition) is 3. The second kappa shape index (κ2) is 7.11. The topological polar surface area (TPSA) is 95.5 Å². The molecule has 3 N–H and O–H groups in total. The van der Waals surface area contributed by atoms with Gasteiger partial charge in [0.2, 0.25) is 11.8 Å². The molecule has 0 spiro atoms. The van der Waals surface area contributed by atoms with E-state index in [2.05, 4.69) is 10.6 Å². The summed E-state index contributed by atoms with van der Waals surface area (Å²) in [5.41, 5.74) is -0.362. The Morgan fingerprint density at radius 3 is 2.32 bits per heavy atom. The van der Waals surface area contributed by atoms with Crippen molar-refractivity contribution < 1.29 is 19.5 Å². The minimum Gasteiger partial charge on any atom is -0.481 e. The minimum atomic E-state index is -0.959. The van der Waals surface area contributed by atoms with Crippen LogP contribution >= 0.6 is 0 Å². The van der Waals surface area contributed by atoms with Crippen LogP contribution in [0.25, 0.3) is 0 Å². The van der Waals surface area contributed by atoms with Crippen molar-refractivity contribution in [1.82, 2.24) is 10.6 Å². The summed E-state index contributed by atoms with van der Waals surface area (Å²) < 4.78 is 0. The maximum atomic E-state index is 12.0. The molecule has 0 aromatic heterocycles. The number of carboxylic acid groups (broad SMARTS) is 1. The van der Waals surface area contributed by atoms with Gasteiger partial charge < -0.3 is 15.7 Å². The number of carboxylic acids is 1. The molecule has 6 nitrogen and oxygen atoms in total. The predicted molar refractivity (Wildman–Crippen MR) is 69.5 cm³/mol. The van der Waals surface area contributed by atoms with Gasteiger partial charge in [-0.15, -0.1) is 0 Å². The molecule has 108 valence electrons. The summed E-state index contributed by atoms with van der Waals surface area (Å²) in [7, 11) is 0. The maximum Gasteiger partial charge on any atom is 0.305 e. The highest BCUT2D eigenvalue weighted by atomic mass is 16.4. The first-order valence-electron chi connectivity index (χ1n) is 6.71. The average Bonchev–Trinajstić information content (AvgIpc) is 2.36. The van der Waals surface area contributed by atoms with E-state index in [1.54, 1.807) is 0 Å². The summed E-state index contributed by atoms with van der Waals surface area (Å²) in [5, 5.41) is 13.5. The third-order valence-corrected chi connectivity index (χ3v) is 3.58. The Hall–Kier alpha value is -1.59. The van der Waals surface area contributed by atoms with Gasteiger partial charge >= 0.3 is 5.97 Å². The van der Waals surface area contributed by atoms with E-state index in [9.17, 15) is 14.4 Å². The summed E-state index contributed by atoms with van der Waals surface area (Å²) in [6.45, 7) is 1.93. The maximum absolute atomic E-state index is 12.0. The van der Waals surface area contributed by atoms with Crippen molar-refractivity contribution in [3.05, 3.63) is 0 Å². The molecule has 0 heterocycles. The number of rotatable bonds is 6. The number of carbonyl (C=O) groups is 3. The minimum absolute atomic E-state index is 0.0828. The standard InChI is InChI=1S/C13H22N2O4/c1-13(6-3-2-4-7-13)12(19)15-9-10(16)14-8-5-11(17)18/h2-9H2,1H3,(H,14,16)(H,15,19)(H,17,18). The Morgan fingerprint density at radius 1 is 1.11 bits per heavy atom. The van der Waals surface area contributed by atoms with Crippen LogP contribution in [0, 0.1) is 5.41 Å². The SMILES string of the molecule is CC1(C(=O)NCC(=O)NCCC(=O)O)CCCCC1. The van der Waals surface area contributed by atoms with Crippen LogP contribution in [-0.4, -0.2) is 36.0 Å². The molecule has 6 heteroatoms. The van der Waals surface area contributed by atoms with Crippen LogP contribution in [0.1, 0.15) is 45.4 Å². The van der Waals surface area contributed by atoms with Crippen molar-refractivity contribution in [1.29, 1.82) is 0 Å². The van der Waals surface area contributed by atoms with E-state index >= 15 is 0 Å². The molecule has 1 aliphatic rings. The van der Waals surface area contributed by atoms with Gasteiger partial charge in [0, 0.05) is 12.0 Å². The quantitative estimate of drug-likeness (QED) is 0.661. The lowest BCUT2D eigenvalue weighted by molar-refractivity contribution is -0.137. The highest BCUT2D eigenvalue weighted by Crippen LogP contribution is 2.35. The van der Waals surface area contributed by atoms with E-state index in [1.165, 1.54) is 6.42 Å². The Balaban J connectivity index is 2.25. The lowest BCUT2D eigenvalue weighted by Gasteiger charge is -2.31. The first-order valence-corrected chi connectivity index (χ1v) is 6.71. The van der Waals surface area contributed by atoms with Crippen LogP contribution in [0.15, 0.2) is 0 Å². The molecule has 0 aromatic carbocycles. The van der Waals surface area contributed by atoms with Gasteiger partial charge in [-0.3, -0.25) is 14.4 Å². The molecule has 0 saturated heterocycles. The van der Waals surface area contributed by atoms with Crippen molar-refractivity contribution in [2.75, 3.05) is 13.1 Å². The molecular weight excluding hydrogens is 248 g/mol. The fourth-order valence-electron chi connectivity index (χ4n) is 2.30. The molecule has 0 radical (unpaired) electrons. The zero-order valence-corrected chi connectivity index (χ0v) is 11.3. The number of nitrogens with one attached hydrogen (secondary N) is 2. The molecular formula is C13H22N2O4. The first-order chi connectivity index (χ1) is 8.94. The second-order valence-electron chi connectivity index (χ2n) is 5.30. The summed E-state index contributed by atoms with van der Waals surface area (Å²) >= 11 is 0. The normalized spacial score (nSPS) is 17.5. The molecule has 2 amide bonds. The number of aliphatic carboxylic acids is 1. The van der Waals surface area contributed by atoms with Gasteiger partial charge in [-0.1, -0.05) is 26.2 Å². The van der Waals surface area contributed by atoms with Crippen molar-refractivity contribution in [2.24, 2.45) is 5.41 Å². The van der Waals surface area contributed by atoms with Gasteiger partial charge in [-0.2, -0.15) is 0 Å². The van der Waals surface area contributed by atoms with Crippen LogP contribution in [0.5, 0.6) is 0 Å². The van der Waals surface area contributed by atoms with E-state index in [-0.39, 0.29) is 36.7 Å². The van der Waals surface area contributed by atoms with Crippen molar-refractivity contribution in [2.45, 2.75) is 45.4 Å². The number of carbonyl (C=O) groups excluding carboxylic acids is 2. The summed E-state index contributed by atoms with van der Waals surface area (Å²) in [5.74, 6) is -1.39. The van der Waals surface area contributed by atoms with E-state index < -0.39 is 5.97 Å². The van der Waals surface area contributed by atoms with Crippen molar-refractivity contribution >= 4 is 17.8 Å². The van der Waals surface area contributed by atoms with E-state index in [1.807, 2.05) is 6.92 Å². The zero-order valence-electron chi connectivity index (χ0n) is 11.3. The zero-order chi connectivity index (χ0) is 14.3. The molecule has 0 aromatic rings. The van der Waals surface area contributed by atoms with Crippen molar-refractivity contribution in [3.8, 4) is 0 Å². The fraction of sp³-hybridized carbons (Fsp3) is 0.769. The average molecular weight is 270 g/mol. The van der Waals surface area contributed by atoms with Crippen molar-refractivity contribution in [3.63, 3.8) is 0 Å². The molecule has 0 aliphatic heterocycles. The Morgan fingerprint density at radius 2 is 1.74 bits per heavy atom. The largest absolute Gasteiger partial charge is 0.481 e. The fourth-order valence-corrected chi connectivity index (χ4v) is 2.30. The molecule has 1 aliphatic carbocycles. The first kappa shape index (κ1) is 15.5. The van der Waals surface area contributed by atoms with Crippen LogP contribution in [0.3, 0.4) is 0 Å². The van der Waals surface area contributed by atoms with Crippen LogP contribution < -0.4 is 10.6 Å². The predicted octanol–water partition coefficient (Wildman–Crippen LogP) is 0.664. The van der Waals surface area contributed by atoms with E-state index in [0.29, 0.717) is 0 Å². The third kappa shape index (κ3) is 5.28. The summed E-state index contributed by atoms with van der Waals surface area (Å²) in [6, 6.07) is 0. The van der Waals surface area contributed by atoms with Gasteiger partial charge in [0.1, 0.15) is 0 Å². The Labute approximate surface area is 112 Å². The highest BCUT2D eigenvalue weighted by Gasteiger charge is 2.34. The molecule has 1 fully saturated rings. The number of hydrogen-bond acceptors (Lipinski definition) is 3. The molecule has 0 atom stereocenters. The van der Waals surface area contributed by atoms with Gasteiger partial charge in [0.25, 0.3) is 0 Å². The summed E-state index contributed by atoms with van der Waals surface area (Å²) in [4.78, 5) is 33.7. The monoisotopic (exact) mass is 270 g/mol.